The Labute approximate surface area is 128 Å². The second kappa shape index (κ2) is 5.17. The van der Waals surface area contributed by atoms with Crippen molar-refractivity contribution in [1.29, 1.82) is 0 Å². The number of rotatable bonds is 3. The Hall–Kier alpha value is -2.41. The second-order valence-electron chi connectivity index (χ2n) is 4.58. The maximum absolute atomic E-state index is 12.0. The van der Waals surface area contributed by atoms with Crippen molar-refractivity contribution in [3.05, 3.63) is 62.6 Å². The molecule has 0 fully saturated rings. The number of hydrogen-bond donors (Lipinski definition) is 2. The van der Waals surface area contributed by atoms with Crippen molar-refractivity contribution in [2.45, 2.75) is 6.04 Å². The average molecular weight is 348 g/mol. The lowest BCUT2D eigenvalue weighted by Gasteiger charge is -2.14. The molecule has 0 aliphatic carbocycles. The Morgan fingerprint density at radius 1 is 1.24 bits per heavy atom. The molecule has 106 valence electrons. The smallest absolute Gasteiger partial charge is 0.270 e. The van der Waals surface area contributed by atoms with E-state index in [-0.39, 0.29) is 11.6 Å². The Morgan fingerprint density at radius 3 is 2.71 bits per heavy atom. The molecule has 21 heavy (non-hydrogen) atoms. The number of nitro benzene ring substituents is 1. The van der Waals surface area contributed by atoms with E-state index >= 15 is 0 Å². The van der Waals surface area contributed by atoms with E-state index in [1.165, 1.54) is 12.1 Å². The van der Waals surface area contributed by atoms with Crippen molar-refractivity contribution >= 4 is 38.9 Å². The van der Waals surface area contributed by atoms with Crippen LogP contribution in [0.1, 0.15) is 11.6 Å². The van der Waals surface area contributed by atoms with Gasteiger partial charge in [0.2, 0.25) is 0 Å². The van der Waals surface area contributed by atoms with Crippen LogP contribution in [-0.2, 0) is 4.79 Å². The second-order valence-corrected chi connectivity index (χ2v) is 5.43. The summed E-state index contributed by atoms with van der Waals surface area (Å²) in [7, 11) is 0. The maximum Gasteiger partial charge on any atom is 0.270 e. The minimum absolute atomic E-state index is 0.0105. The monoisotopic (exact) mass is 347 g/mol. The van der Waals surface area contributed by atoms with Gasteiger partial charge < -0.3 is 10.6 Å². The molecule has 0 saturated heterocycles. The summed E-state index contributed by atoms with van der Waals surface area (Å²) in [5.74, 6) is -0.151. The van der Waals surface area contributed by atoms with Gasteiger partial charge in [-0.2, -0.15) is 0 Å². The first kappa shape index (κ1) is 13.6. The van der Waals surface area contributed by atoms with Gasteiger partial charge >= 0.3 is 0 Å². The van der Waals surface area contributed by atoms with Crippen LogP contribution in [0, 0.1) is 10.1 Å². The van der Waals surface area contributed by atoms with Crippen molar-refractivity contribution < 1.29 is 9.72 Å². The van der Waals surface area contributed by atoms with Crippen LogP contribution in [0.25, 0.3) is 0 Å². The molecule has 0 bridgehead atoms. The van der Waals surface area contributed by atoms with Crippen molar-refractivity contribution in [2.75, 3.05) is 10.6 Å². The number of non-ortho nitro benzene ring substituents is 1. The summed E-state index contributed by atoms with van der Waals surface area (Å²) in [5, 5.41) is 16.6. The van der Waals surface area contributed by atoms with Crippen LogP contribution in [-0.4, -0.2) is 10.8 Å². The third-order valence-electron chi connectivity index (χ3n) is 3.26. The van der Waals surface area contributed by atoms with Crippen molar-refractivity contribution in [3.63, 3.8) is 0 Å². The maximum atomic E-state index is 12.0. The largest absolute Gasteiger partial charge is 0.369 e. The molecule has 2 aromatic rings. The molecule has 1 heterocycles. The number of para-hydroxylation sites is 1. The van der Waals surface area contributed by atoms with E-state index in [9.17, 15) is 14.9 Å². The van der Waals surface area contributed by atoms with Gasteiger partial charge in [-0.25, -0.2) is 0 Å². The van der Waals surface area contributed by atoms with E-state index in [4.69, 9.17) is 0 Å². The fraction of sp³-hybridized carbons (Fsp3) is 0.0714. The number of benzene rings is 2. The molecule has 1 atom stereocenters. The zero-order chi connectivity index (χ0) is 15.0. The molecule has 1 unspecified atom stereocenters. The number of hydrogen-bond acceptors (Lipinski definition) is 4. The molecule has 0 saturated carbocycles. The first-order chi connectivity index (χ1) is 10.1. The summed E-state index contributed by atoms with van der Waals surface area (Å²) in [6.45, 7) is 0. The average Bonchev–Trinajstić information content (AvgIpc) is 2.77. The van der Waals surface area contributed by atoms with Crippen molar-refractivity contribution in [2.24, 2.45) is 0 Å². The number of fused-ring (bicyclic) bond motifs is 1. The van der Waals surface area contributed by atoms with Crippen LogP contribution >= 0.6 is 15.9 Å². The van der Waals surface area contributed by atoms with Gasteiger partial charge in [-0.05, 0) is 28.1 Å². The fourth-order valence-electron chi connectivity index (χ4n) is 2.24. The molecule has 0 radical (unpaired) electrons. The van der Waals surface area contributed by atoms with Gasteiger partial charge in [-0.3, -0.25) is 14.9 Å². The molecule has 1 aliphatic heterocycles. The number of carbonyl (C=O) groups excluding carboxylic acids is 1. The minimum atomic E-state index is -0.515. The third-order valence-corrected chi connectivity index (χ3v) is 3.91. The highest BCUT2D eigenvalue weighted by atomic mass is 79.9. The van der Waals surface area contributed by atoms with E-state index in [2.05, 4.69) is 26.6 Å². The van der Waals surface area contributed by atoms with E-state index < -0.39 is 11.0 Å². The van der Waals surface area contributed by atoms with Crippen LogP contribution in [0.15, 0.2) is 46.9 Å². The van der Waals surface area contributed by atoms with E-state index in [0.29, 0.717) is 10.2 Å². The summed E-state index contributed by atoms with van der Waals surface area (Å²) >= 11 is 3.28. The zero-order valence-corrected chi connectivity index (χ0v) is 12.3. The van der Waals surface area contributed by atoms with Crippen molar-refractivity contribution in [1.82, 2.24) is 0 Å². The lowest BCUT2D eigenvalue weighted by molar-refractivity contribution is -0.384. The number of nitro groups is 1. The highest BCUT2D eigenvalue weighted by molar-refractivity contribution is 9.10. The van der Waals surface area contributed by atoms with Crippen LogP contribution in [0.4, 0.5) is 17.1 Å². The van der Waals surface area contributed by atoms with Crippen LogP contribution in [0.2, 0.25) is 0 Å². The van der Waals surface area contributed by atoms with Crippen molar-refractivity contribution in [3.8, 4) is 0 Å². The number of nitrogens with one attached hydrogen (secondary N) is 2. The lowest BCUT2D eigenvalue weighted by atomic mass is 10.1. The molecule has 1 amide bonds. The molecule has 1 aliphatic rings. The van der Waals surface area contributed by atoms with Crippen LogP contribution < -0.4 is 10.6 Å². The summed E-state index contributed by atoms with van der Waals surface area (Å²) in [4.78, 5) is 22.3. The number of halogens is 1. The Balaban J connectivity index is 1.91. The first-order valence-corrected chi connectivity index (χ1v) is 6.96. The van der Waals surface area contributed by atoms with E-state index in [1.807, 2.05) is 24.3 Å². The van der Waals surface area contributed by atoms with Crippen LogP contribution in [0.3, 0.4) is 0 Å². The lowest BCUT2D eigenvalue weighted by Crippen LogP contribution is -2.19. The van der Waals surface area contributed by atoms with E-state index in [1.54, 1.807) is 6.07 Å². The summed E-state index contributed by atoms with van der Waals surface area (Å²) in [6, 6.07) is 11.3. The molecule has 0 spiro atoms. The standard InChI is InChI=1S/C14H10BrN3O3/c15-10-7-8(18(20)21)5-6-12(10)16-13-9-3-1-2-4-11(9)17-14(13)19/h1-7,13,16H,(H,17,19). The minimum Gasteiger partial charge on any atom is -0.369 e. The highest BCUT2D eigenvalue weighted by Crippen LogP contribution is 2.35. The molecular formula is C14H10BrN3O3. The number of carbonyl (C=O) groups is 1. The molecule has 3 rings (SSSR count). The molecule has 2 N–H and O–H groups in total. The quantitative estimate of drug-likeness (QED) is 0.657. The summed E-state index contributed by atoms with van der Waals surface area (Å²) in [6.07, 6.45) is 0. The Bertz CT molecular complexity index is 748. The number of amides is 1. The molecule has 0 aromatic heterocycles. The molecule has 2 aromatic carbocycles. The summed E-state index contributed by atoms with van der Waals surface area (Å²) in [5.41, 5.74) is 2.24. The predicted octanol–water partition coefficient (Wildman–Crippen LogP) is 3.46. The topological polar surface area (TPSA) is 84.3 Å². The molecule has 6 nitrogen and oxygen atoms in total. The molecule has 7 heteroatoms. The van der Waals surface area contributed by atoms with Gasteiger partial charge in [0.1, 0.15) is 6.04 Å². The summed E-state index contributed by atoms with van der Waals surface area (Å²) < 4.78 is 0.536. The third kappa shape index (κ3) is 2.47. The SMILES string of the molecule is O=C1Nc2ccccc2C1Nc1ccc([N+](=O)[O-])cc1Br. The normalized spacial score (nSPS) is 16.2. The Morgan fingerprint density at radius 2 is 2.00 bits per heavy atom. The Kier molecular flexibility index (Phi) is 3.34. The van der Waals surface area contributed by atoms with Crippen LogP contribution in [0.5, 0.6) is 0 Å². The zero-order valence-electron chi connectivity index (χ0n) is 10.7. The first-order valence-electron chi connectivity index (χ1n) is 6.16. The fourth-order valence-corrected chi connectivity index (χ4v) is 2.72. The van der Waals surface area contributed by atoms with Gasteiger partial charge in [0, 0.05) is 33.5 Å². The van der Waals surface area contributed by atoms with Gasteiger partial charge in [0.15, 0.2) is 0 Å². The van der Waals surface area contributed by atoms with Gasteiger partial charge in [-0.15, -0.1) is 0 Å². The number of nitrogens with zero attached hydrogens (tertiary/aromatic N) is 1. The van der Waals surface area contributed by atoms with Gasteiger partial charge in [0.05, 0.1) is 4.92 Å². The van der Waals surface area contributed by atoms with Gasteiger partial charge in [-0.1, -0.05) is 18.2 Å². The number of anilines is 2. The predicted molar refractivity (Wildman–Crippen MR) is 82.2 cm³/mol. The molecular weight excluding hydrogens is 338 g/mol. The van der Waals surface area contributed by atoms with Gasteiger partial charge in [0.25, 0.3) is 11.6 Å². The highest BCUT2D eigenvalue weighted by Gasteiger charge is 2.30. The van der Waals surface area contributed by atoms with E-state index in [0.717, 1.165) is 11.3 Å².